The number of aromatic nitrogens is 1. The van der Waals surface area contributed by atoms with Gasteiger partial charge >= 0.3 is 0 Å². The van der Waals surface area contributed by atoms with Crippen LogP contribution in [0.15, 0.2) is 17.7 Å². The summed E-state index contributed by atoms with van der Waals surface area (Å²) in [6.07, 6.45) is 3.35. The predicted octanol–water partition coefficient (Wildman–Crippen LogP) is 4.36. The molecule has 1 aromatic rings. The summed E-state index contributed by atoms with van der Waals surface area (Å²) in [5.74, 6) is 0. The lowest BCUT2D eigenvalue weighted by Crippen LogP contribution is -2.14. The molecule has 1 heteroatoms. The Kier molecular flexibility index (Phi) is 2.68. The monoisotopic (exact) mass is 229 g/mol. The highest BCUT2D eigenvalue weighted by atomic mass is 14.7. The molecule has 0 atom stereocenters. The number of fused-ring (bicyclic) bond motifs is 1. The molecule has 92 valence electrons. The van der Waals surface area contributed by atoms with Crippen LogP contribution in [-0.2, 0) is 11.8 Å². The Hall–Kier alpha value is -1.11. The van der Waals surface area contributed by atoms with Crippen molar-refractivity contribution < 1.29 is 0 Å². The van der Waals surface area contributed by atoms with Gasteiger partial charge in [0.05, 0.1) is 5.69 Å². The zero-order valence-corrected chi connectivity index (χ0v) is 11.9. The van der Waals surface area contributed by atoms with Gasteiger partial charge in [-0.1, -0.05) is 53.2 Å². The quantitative estimate of drug-likeness (QED) is 0.644. The van der Waals surface area contributed by atoms with Crippen molar-refractivity contribution >= 4 is 6.08 Å². The van der Waals surface area contributed by atoms with E-state index in [9.17, 15) is 0 Å². The molecule has 0 radical (unpaired) electrons. The fraction of sp³-hybridized carbons (Fsp3) is 0.562. The van der Waals surface area contributed by atoms with Crippen LogP contribution in [0.25, 0.3) is 6.08 Å². The van der Waals surface area contributed by atoms with Gasteiger partial charge < -0.3 is 0 Å². The molecule has 1 heterocycles. The van der Waals surface area contributed by atoms with Gasteiger partial charge in [0.25, 0.3) is 0 Å². The number of hydrogen-bond donors (Lipinski definition) is 0. The molecule has 0 unspecified atom stereocenters. The van der Waals surface area contributed by atoms with Crippen molar-refractivity contribution in [2.75, 3.05) is 0 Å². The van der Waals surface area contributed by atoms with Crippen LogP contribution in [-0.4, -0.2) is 4.98 Å². The van der Waals surface area contributed by atoms with Gasteiger partial charge in [0.2, 0.25) is 0 Å². The fourth-order valence-corrected chi connectivity index (χ4v) is 2.10. The minimum atomic E-state index is 0.132. The van der Waals surface area contributed by atoms with E-state index in [1.807, 2.05) is 0 Å². The van der Waals surface area contributed by atoms with Gasteiger partial charge in [0, 0.05) is 11.1 Å². The Morgan fingerprint density at radius 3 is 2.12 bits per heavy atom. The predicted molar refractivity (Wildman–Crippen MR) is 74.1 cm³/mol. The Balaban J connectivity index is 2.40. The third-order valence-electron chi connectivity index (χ3n) is 3.44. The summed E-state index contributed by atoms with van der Waals surface area (Å²) in [6, 6.07) is 4.43. The van der Waals surface area contributed by atoms with Crippen molar-refractivity contribution in [2.24, 2.45) is 5.41 Å². The lowest BCUT2D eigenvalue weighted by Gasteiger charge is -2.19. The Labute approximate surface area is 105 Å². The maximum atomic E-state index is 4.81. The molecule has 0 amide bonds. The highest BCUT2D eigenvalue weighted by Gasteiger charge is 2.25. The topological polar surface area (TPSA) is 12.9 Å². The highest BCUT2D eigenvalue weighted by molar-refractivity contribution is 5.62. The lowest BCUT2D eigenvalue weighted by molar-refractivity contribution is 0.498. The summed E-state index contributed by atoms with van der Waals surface area (Å²) in [5, 5.41) is 0. The number of hydrogen-bond acceptors (Lipinski definition) is 1. The molecule has 17 heavy (non-hydrogen) atoms. The van der Waals surface area contributed by atoms with E-state index >= 15 is 0 Å². The third kappa shape index (κ3) is 2.43. The molecule has 1 nitrogen and oxygen atoms in total. The van der Waals surface area contributed by atoms with Gasteiger partial charge in [0.15, 0.2) is 0 Å². The lowest BCUT2D eigenvalue weighted by atomic mass is 9.85. The second-order valence-electron chi connectivity index (χ2n) is 7.09. The Bertz CT molecular complexity index is 467. The van der Waals surface area contributed by atoms with Crippen LogP contribution in [0.5, 0.6) is 0 Å². The first-order valence-electron chi connectivity index (χ1n) is 6.39. The van der Waals surface area contributed by atoms with Gasteiger partial charge in [0.1, 0.15) is 0 Å². The highest BCUT2D eigenvalue weighted by Crippen LogP contribution is 2.36. The van der Waals surface area contributed by atoms with Crippen molar-refractivity contribution in [2.45, 2.75) is 53.4 Å². The van der Waals surface area contributed by atoms with Crippen LogP contribution in [0.3, 0.4) is 0 Å². The van der Waals surface area contributed by atoms with Gasteiger partial charge in [-0.15, -0.1) is 0 Å². The van der Waals surface area contributed by atoms with E-state index in [4.69, 9.17) is 4.98 Å². The van der Waals surface area contributed by atoms with E-state index in [0.29, 0.717) is 0 Å². The molecule has 1 aromatic heterocycles. The van der Waals surface area contributed by atoms with Crippen molar-refractivity contribution in [1.82, 2.24) is 4.98 Å². The van der Waals surface area contributed by atoms with E-state index in [2.05, 4.69) is 59.8 Å². The summed E-state index contributed by atoms with van der Waals surface area (Å²) in [7, 11) is 0. The van der Waals surface area contributed by atoms with Crippen LogP contribution in [0.2, 0.25) is 0 Å². The average Bonchev–Trinajstić information content (AvgIpc) is 2.57. The largest absolute Gasteiger partial charge is 0.253 e. The Morgan fingerprint density at radius 2 is 1.59 bits per heavy atom. The average molecular weight is 229 g/mol. The van der Waals surface area contributed by atoms with Crippen LogP contribution >= 0.6 is 0 Å². The summed E-state index contributed by atoms with van der Waals surface area (Å²) >= 11 is 0. The van der Waals surface area contributed by atoms with Gasteiger partial charge in [-0.05, 0) is 29.5 Å². The molecule has 0 N–H and O–H groups in total. The first-order chi connectivity index (χ1) is 7.68. The zero-order chi connectivity index (χ0) is 12.8. The van der Waals surface area contributed by atoms with Crippen LogP contribution < -0.4 is 0 Å². The van der Waals surface area contributed by atoms with Crippen molar-refractivity contribution in [3.8, 4) is 0 Å². The van der Waals surface area contributed by atoms with Crippen molar-refractivity contribution in [1.29, 1.82) is 0 Å². The molecule has 1 aliphatic rings. The molecule has 0 saturated carbocycles. The van der Waals surface area contributed by atoms with Crippen molar-refractivity contribution in [3.63, 3.8) is 0 Å². The second-order valence-corrected chi connectivity index (χ2v) is 7.09. The summed E-state index contributed by atoms with van der Waals surface area (Å²) < 4.78 is 0. The normalized spacial score (nSPS) is 15.8. The molecule has 1 aliphatic carbocycles. The summed E-state index contributed by atoms with van der Waals surface area (Å²) in [4.78, 5) is 4.81. The van der Waals surface area contributed by atoms with Gasteiger partial charge in [-0.25, -0.2) is 0 Å². The molecule has 0 spiro atoms. The fourth-order valence-electron chi connectivity index (χ4n) is 2.10. The molecule has 0 fully saturated rings. The molecule has 0 aromatic carbocycles. The first kappa shape index (κ1) is 12.3. The molecule has 0 bridgehead atoms. The van der Waals surface area contributed by atoms with Crippen LogP contribution in [0.1, 0.15) is 58.5 Å². The number of allylic oxidation sites excluding steroid dienone is 1. The number of rotatable bonds is 0. The SMILES string of the molecule is CC(C)(C)C1=Cc2nc(C(C)(C)C)ccc2C1. The summed E-state index contributed by atoms with van der Waals surface area (Å²) in [5.41, 5.74) is 5.62. The standard InChI is InChI=1S/C16H23N/c1-15(2,3)12-9-11-7-8-14(16(4,5)6)17-13(11)10-12/h7-8,10H,9H2,1-6H3. The van der Waals surface area contributed by atoms with E-state index in [0.717, 1.165) is 6.42 Å². The molecule has 2 rings (SSSR count). The number of pyridine rings is 1. The molecular weight excluding hydrogens is 206 g/mol. The second kappa shape index (κ2) is 3.69. The van der Waals surface area contributed by atoms with E-state index < -0.39 is 0 Å². The molecular formula is C16H23N. The van der Waals surface area contributed by atoms with Gasteiger partial charge in [-0.3, -0.25) is 4.98 Å². The minimum Gasteiger partial charge on any atom is -0.253 e. The van der Waals surface area contributed by atoms with E-state index in [1.165, 1.54) is 22.5 Å². The van der Waals surface area contributed by atoms with Crippen LogP contribution in [0, 0.1) is 5.41 Å². The third-order valence-corrected chi connectivity index (χ3v) is 3.44. The van der Waals surface area contributed by atoms with E-state index in [-0.39, 0.29) is 10.8 Å². The molecule has 0 saturated heterocycles. The smallest absolute Gasteiger partial charge is 0.0668 e. The Morgan fingerprint density at radius 1 is 0.941 bits per heavy atom. The summed E-state index contributed by atoms with van der Waals surface area (Å²) in [6.45, 7) is 13.5. The van der Waals surface area contributed by atoms with E-state index in [1.54, 1.807) is 0 Å². The maximum Gasteiger partial charge on any atom is 0.0668 e. The zero-order valence-electron chi connectivity index (χ0n) is 11.9. The first-order valence-corrected chi connectivity index (χ1v) is 6.39. The molecule has 0 aliphatic heterocycles. The minimum absolute atomic E-state index is 0.132. The maximum absolute atomic E-state index is 4.81. The van der Waals surface area contributed by atoms with Gasteiger partial charge in [-0.2, -0.15) is 0 Å². The van der Waals surface area contributed by atoms with Crippen molar-refractivity contribution in [3.05, 3.63) is 34.7 Å². The van der Waals surface area contributed by atoms with Crippen LogP contribution in [0.4, 0.5) is 0 Å². The number of nitrogens with zero attached hydrogens (tertiary/aromatic N) is 1.